The number of hydrogen-bond donors (Lipinski definition) is 2. The second-order valence-corrected chi connectivity index (χ2v) is 15.4. The van der Waals surface area contributed by atoms with E-state index >= 15 is 0 Å². The molecule has 278 valence electrons. The van der Waals surface area contributed by atoms with E-state index in [1.807, 2.05) is 75.4 Å². The van der Waals surface area contributed by atoms with Crippen LogP contribution in [0.15, 0.2) is 67.3 Å². The first kappa shape index (κ1) is 38.1. The molecule has 12 nitrogen and oxygen atoms in total. The Labute approximate surface area is 305 Å². The van der Waals surface area contributed by atoms with Crippen LogP contribution in [0.2, 0.25) is 0 Å². The lowest BCUT2D eigenvalue weighted by molar-refractivity contribution is -0.150. The van der Waals surface area contributed by atoms with Crippen molar-refractivity contribution in [3.63, 3.8) is 0 Å². The molecule has 52 heavy (non-hydrogen) atoms. The van der Waals surface area contributed by atoms with Gasteiger partial charge in [-0.25, -0.2) is 14.6 Å². The number of nitrogens with one attached hydrogen (secondary N) is 2. The van der Waals surface area contributed by atoms with Gasteiger partial charge in [0.05, 0.1) is 31.5 Å². The molecule has 1 aliphatic heterocycles. The molecule has 2 aromatic carbocycles. The predicted molar refractivity (Wildman–Crippen MR) is 197 cm³/mol. The Hall–Kier alpha value is -5.13. The van der Waals surface area contributed by atoms with Crippen LogP contribution in [0.4, 0.5) is 4.79 Å². The highest BCUT2D eigenvalue weighted by molar-refractivity contribution is 5.97. The van der Waals surface area contributed by atoms with Crippen molar-refractivity contribution < 1.29 is 38.1 Å². The number of likely N-dealkylation sites (tertiary alicyclic amines) is 1. The number of rotatable bonds is 11. The van der Waals surface area contributed by atoms with Crippen LogP contribution in [-0.4, -0.2) is 83.3 Å². The summed E-state index contributed by atoms with van der Waals surface area (Å²) in [5.74, 6) is -0.744. The number of hydrogen-bond acceptors (Lipinski definition) is 9. The number of nitrogens with zero attached hydrogens (tertiary/aromatic N) is 2. The van der Waals surface area contributed by atoms with E-state index in [-0.39, 0.29) is 25.5 Å². The number of carbonyl (C=O) groups excluding carboxylic acids is 4. The Bertz CT molecular complexity index is 1830. The maximum absolute atomic E-state index is 14.6. The number of aromatic nitrogens is 1. The second-order valence-electron chi connectivity index (χ2n) is 15.4. The van der Waals surface area contributed by atoms with E-state index in [2.05, 4.69) is 17.2 Å². The van der Waals surface area contributed by atoms with Crippen molar-refractivity contribution in [2.45, 2.75) is 90.6 Å². The van der Waals surface area contributed by atoms with Gasteiger partial charge in [-0.3, -0.25) is 9.59 Å². The summed E-state index contributed by atoms with van der Waals surface area (Å²) in [5.41, 5.74) is -0.642. The third-order valence-corrected chi connectivity index (χ3v) is 9.25. The molecule has 0 spiro atoms. The highest BCUT2D eigenvalue weighted by Crippen LogP contribution is 2.46. The lowest BCUT2D eigenvalue weighted by Crippen LogP contribution is -2.59. The summed E-state index contributed by atoms with van der Waals surface area (Å²) in [6, 6.07) is 14.9. The normalized spacial score (nSPS) is 21.8. The van der Waals surface area contributed by atoms with E-state index in [0.717, 1.165) is 10.9 Å². The number of carbonyl (C=O) groups is 4. The monoisotopic (exact) mass is 714 g/mol. The Morgan fingerprint density at radius 2 is 1.77 bits per heavy atom. The molecule has 1 aliphatic carbocycles. The molecular weight excluding hydrogens is 664 g/mol. The van der Waals surface area contributed by atoms with E-state index in [9.17, 15) is 19.2 Å². The Kier molecular flexibility index (Phi) is 10.9. The standard InChI is InChI=1S/C40H50N4O8/c1-10-25-22-40(25,36(47)50-11-2)43-34(45)31-20-27(23-44(31)35(46)33(38(3,4)5)42-37(48)52-39(6,7)8)51-32-21-29(24-15-13-12-14-16-24)41-30-19-26(49-9)17-18-28(30)32/h10,12-19,21,25,27,31,33H,1,11,20,22-23H2,2-9H3,(H,42,48)(H,43,45). The average Bonchev–Trinajstić information content (AvgIpc) is 3.64. The number of fused-ring (bicyclic) bond motifs is 1. The summed E-state index contributed by atoms with van der Waals surface area (Å²) in [6.45, 7) is 16.4. The van der Waals surface area contributed by atoms with E-state index in [1.165, 1.54) is 4.90 Å². The van der Waals surface area contributed by atoms with Gasteiger partial charge in [-0.15, -0.1) is 6.58 Å². The maximum atomic E-state index is 14.6. The number of methoxy groups -OCH3 is 1. The van der Waals surface area contributed by atoms with Crippen LogP contribution in [0.25, 0.3) is 22.2 Å². The largest absolute Gasteiger partial charge is 0.497 e. The van der Waals surface area contributed by atoms with Gasteiger partial charge in [-0.05, 0) is 51.7 Å². The predicted octanol–water partition coefficient (Wildman–Crippen LogP) is 5.82. The summed E-state index contributed by atoms with van der Waals surface area (Å²) >= 11 is 0. The van der Waals surface area contributed by atoms with Gasteiger partial charge in [0.2, 0.25) is 11.8 Å². The van der Waals surface area contributed by atoms with Crippen molar-refractivity contribution in [1.29, 1.82) is 0 Å². The van der Waals surface area contributed by atoms with Gasteiger partial charge in [0, 0.05) is 35.4 Å². The minimum absolute atomic E-state index is 0.0252. The minimum atomic E-state index is -1.27. The first-order valence-corrected chi connectivity index (χ1v) is 17.6. The van der Waals surface area contributed by atoms with Crippen LogP contribution < -0.4 is 20.1 Å². The summed E-state index contributed by atoms with van der Waals surface area (Å²) in [5, 5.41) is 6.39. The van der Waals surface area contributed by atoms with Gasteiger partial charge >= 0.3 is 12.1 Å². The van der Waals surface area contributed by atoms with Crippen molar-refractivity contribution in [1.82, 2.24) is 20.5 Å². The van der Waals surface area contributed by atoms with E-state index < -0.39 is 58.6 Å². The summed E-state index contributed by atoms with van der Waals surface area (Å²) in [6.07, 6.45) is 0.662. The SMILES string of the molecule is C=CC1CC1(NC(=O)C1CC(Oc2cc(-c3ccccc3)nc3cc(OC)ccc23)CN1C(=O)C(NC(=O)OC(C)(C)C)C(C)(C)C)C(=O)OCC. The smallest absolute Gasteiger partial charge is 0.408 e. The van der Waals surface area contributed by atoms with E-state index in [4.69, 9.17) is 23.9 Å². The van der Waals surface area contributed by atoms with Gasteiger partial charge in [-0.1, -0.05) is 57.2 Å². The molecule has 2 heterocycles. The van der Waals surface area contributed by atoms with Crippen LogP contribution in [0, 0.1) is 11.3 Å². The van der Waals surface area contributed by atoms with Crippen molar-refractivity contribution in [2.24, 2.45) is 11.3 Å². The van der Waals surface area contributed by atoms with E-state index in [1.54, 1.807) is 40.9 Å². The average molecular weight is 715 g/mol. The molecule has 0 bridgehead atoms. The Balaban J connectivity index is 1.51. The summed E-state index contributed by atoms with van der Waals surface area (Å²) < 4.78 is 23.0. The number of benzene rings is 2. The van der Waals surface area contributed by atoms with Gasteiger partial charge in [-0.2, -0.15) is 0 Å². The van der Waals surface area contributed by atoms with Crippen LogP contribution in [0.5, 0.6) is 11.5 Å². The molecule has 1 aromatic heterocycles. The number of esters is 1. The van der Waals surface area contributed by atoms with Gasteiger partial charge in [0.15, 0.2) is 0 Å². The lowest BCUT2D eigenvalue weighted by atomic mass is 9.85. The van der Waals surface area contributed by atoms with Crippen molar-refractivity contribution in [3.8, 4) is 22.8 Å². The van der Waals surface area contributed by atoms with Crippen LogP contribution >= 0.6 is 0 Å². The number of alkyl carbamates (subject to hydrolysis) is 1. The molecule has 2 N–H and O–H groups in total. The molecular formula is C40H50N4O8. The number of amides is 3. The first-order valence-electron chi connectivity index (χ1n) is 17.6. The quantitative estimate of drug-likeness (QED) is 0.185. The molecule has 12 heteroatoms. The first-order chi connectivity index (χ1) is 24.5. The highest BCUT2D eigenvalue weighted by atomic mass is 16.6. The zero-order valence-electron chi connectivity index (χ0n) is 31.3. The molecule has 3 aromatic rings. The van der Waals surface area contributed by atoms with Gasteiger partial charge in [0.1, 0.15) is 40.8 Å². The minimum Gasteiger partial charge on any atom is -0.497 e. The van der Waals surface area contributed by atoms with Crippen LogP contribution in [0.3, 0.4) is 0 Å². The molecule has 2 aliphatic rings. The zero-order valence-corrected chi connectivity index (χ0v) is 31.3. The third-order valence-electron chi connectivity index (χ3n) is 9.25. The number of ether oxygens (including phenoxy) is 4. The fourth-order valence-corrected chi connectivity index (χ4v) is 6.52. The van der Waals surface area contributed by atoms with Crippen molar-refractivity contribution >= 4 is 34.8 Å². The lowest BCUT2D eigenvalue weighted by Gasteiger charge is -2.36. The van der Waals surface area contributed by atoms with Gasteiger partial charge < -0.3 is 34.5 Å². The fraction of sp³-hybridized carbons (Fsp3) is 0.475. The van der Waals surface area contributed by atoms with Crippen molar-refractivity contribution in [2.75, 3.05) is 20.3 Å². The van der Waals surface area contributed by atoms with Crippen molar-refractivity contribution in [3.05, 3.63) is 67.3 Å². The van der Waals surface area contributed by atoms with Gasteiger partial charge in [0.25, 0.3) is 0 Å². The van der Waals surface area contributed by atoms with Crippen LogP contribution in [-0.2, 0) is 23.9 Å². The Morgan fingerprint density at radius 3 is 2.37 bits per heavy atom. The molecule has 2 fully saturated rings. The highest BCUT2D eigenvalue weighted by Gasteiger charge is 2.62. The Morgan fingerprint density at radius 1 is 1.06 bits per heavy atom. The van der Waals surface area contributed by atoms with E-state index in [0.29, 0.717) is 29.1 Å². The molecule has 1 saturated heterocycles. The molecule has 0 radical (unpaired) electrons. The second kappa shape index (κ2) is 14.8. The summed E-state index contributed by atoms with van der Waals surface area (Å²) in [7, 11) is 1.59. The fourth-order valence-electron chi connectivity index (χ4n) is 6.52. The molecule has 5 rings (SSSR count). The molecule has 3 amide bonds. The number of pyridine rings is 1. The topological polar surface area (TPSA) is 145 Å². The molecule has 1 saturated carbocycles. The van der Waals surface area contributed by atoms with Crippen LogP contribution in [0.1, 0.15) is 61.3 Å². The summed E-state index contributed by atoms with van der Waals surface area (Å²) in [4.78, 5) is 61.2. The molecule has 5 unspecified atom stereocenters. The molecule has 5 atom stereocenters. The maximum Gasteiger partial charge on any atom is 0.408 e. The zero-order chi connectivity index (χ0) is 38.0. The third kappa shape index (κ3) is 8.32.